The molecule has 0 bridgehead atoms. The Labute approximate surface area is 821 Å². The Balaban J connectivity index is 0.000000233. The van der Waals surface area contributed by atoms with Gasteiger partial charge in [-0.1, -0.05) is 104 Å². The Morgan fingerprint density at radius 1 is 0.466 bits per heavy atom. The number of esters is 1. The van der Waals surface area contributed by atoms with E-state index in [1.54, 1.807) is 23.7 Å². The second kappa shape index (κ2) is 56.2. The molecule has 133 heavy (non-hydrogen) atoms. The maximum absolute atomic E-state index is 13.8. The number of fused-ring (bicyclic) bond motifs is 7. The van der Waals surface area contributed by atoms with Gasteiger partial charge >= 0.3 is 11.2 Å². The number of aromatic nitrogens is 10. The Morgan fingerprint density at radius 3 is 1.25 bits per heavy atom. The van der Waals surface area contributed by atoms with Crippen molar-refractivity contribution in [2.24, 2.45) is 17.4 Å². The minimum Gasteiger partial charge on any atom is -0.460 e. The SMILES string of the molecule is CCOC(=O)C(C)=O.CCOC(OCC)OCC.CN1CCN(c2nc3cc(F)c(Cl)cc3n3cnnc23)CC1.CN1CCN(c2nc3cc(F)c(Cl)cc3nc2CN)CC1.CN1CCN(c2nc3cc(F)c(Cl)cc3nc2Cl)CC1.CN1CCNCC1.Fc1cc2nc(Cl)c(Cl)nc2cc1Cl.NN.Nc1cc(F)c(Cl)cc1N.O=C1Cc2cc(Cl)c(F)cc2NC1=O.O=P(Cl)(Cl)Cl. The van der Waals surface area contributed by atoms with Crippen molar-refractivity contribution in [1.29, 1.82) is 0 Å². The van der Waals surface area contributed by atoms with E-state index in [0.717, 1.165) is 127 Å². The quantitative estimate of drug-likeness (QED) is 0.00873. The van der Waals surface area contributed by atoms with Crippen LogP contribution < -0.4 is 54.2 Å². The Bertz CT molecular complexity index is 5600. The van der Waals surface area contributed by atoms with Crippen LogP contribution in [0.1, 0.15) is 45.9 Å². The van der Waals surface area contributed by atoms with Crippen LogP contribution in [0, 0.1) is 34.9 Å². The van der Waals surface area contributed by atoms with Crippen molar-refractivity contribution in [3.8, 4) is 0 Å². The molecule has 11 aromatic rings. The number of anilines is 6. The second-order valence-corrected chi connectivity index (χ2v) is 38.6. The molecule has 12 N–H and O–H groups in total. The molecule has 16 rings (SSSR count). The van der Waals surface area contributed by atoms with E-state index in [1.165, 1.54) is 68.5 Å². The highest BCUT2D eigenvalue weighted by Gasteiger charge is 2.27. The van der Waals surface area contributed by atoms with E-state index in [0.29, 0.717) is 104 Å². The first-order valence-corrected chi connectivity index (χ1v) is 48.0. The molecule has 0 aliphatic carbocycles. The lowest BCUT2D eigenvalue weighted by atomic mass is 10.0. The average molecular weight is 2120 g/mol. The summed E-state index contributed by atoms with van der Waals surface area (Å²) < 4.78 is 110. The van der Waals surface area contributed by atoms with Crippen LogP contribution in [-0.2, 0) is 55.7 Å². The van der Waals surface area contributed by atoms with Crippen molar-refractivity contribution in [2.45, 2.75) is 54.1 Å². The van der Waals surface area contributed by atoms with Gasteiger partial charge in [-0.2, -0.15) is 0 Å². The van der Waals surface area contributed by atoms with Gasteiger partial charge in [0.25, 0.3) is 12.4 Å². The number of hydrazine groups is 1. The monoisotopic (exact) mass is 2110 g/mol. The molecule has 33 nitrogen and oxygen atoms in total. The number of piperazine rings is 4. The van der Waals surface area contributed by atoms with Crippen molar-refractivity contribution < 1.29 is 69.0 Å². The number of rotatable bonds is 12. The summed E-state index contributed by atoms with van der Waals surface area (Å²) >= 11 is 65.2. The number of nitrogen functional groups attached to an aromatic ring is 2. The van der Waals surface area contributed by atoms with Crippen molar-refractivity contribution in [3.63, 3.8) is 0 Å². The first kappa shape index (κ1) is 114. The van der Waals surface area contributed by atoms with Crippen molar-refractivity contribution >= 4 is 251 Å². The standard InChI is InChI=1S/C14H14ClFN6.C14H17ClFN5.C13H13Cl2FN4.C9H5ClFNO2.C8H2Cl3FN2.C7H16O3.C6H6ClFN2.C5H12N2.C5H8O3.Cl3OP.H4N2/c1-20-2-4-21(5-3-20)13-14-19-17-8-22(14)12-6-9(15)10(16)7-11(12)18-13;1-20-2-4-21(5-3-20)14-13(8-17)18-11-6-9(15)10(16)7-12(11)19-14;1-19-2-4-20(5-3-19)13-12(15)17-10-6-8(14)9(16)7-11(10)18-13;10-5-1-4-2-8(13)9(14)12-7(4)3-6(5)11;9-3-1-5-6(2-4(3)12)14-8(11)7(10)13-5;1-4-8-7(9-5-2)10-6-3;7-3-1-5(9)6(10)2-4(3)8;1-7-4-2-6-3-5-7;1-3-8-5(7)4(2)6;1-5(2,3)4;1-2/h6-8H,2-5H2,1H3;6-7H,2-5,8,17H2,1H3;6-7H,2-5H2,1H3;1,3H,2H2,(H,12,14);1-2H;7H,4-6H2,1-3H3;1-2H,9-10H2;6H,2-5H2,1H3;3H2,1-2H3;;1-2H2. The van der Waals surface area contributed by atoms with Gasteiger partial charge in [-0.15, -0.1) is 10.2 Å². The van der Waals surface area contributed by atoms with Crippen LogP contribution in [-0.4, -0.2) is 258 Å². The highest BCUT2D eigenvalue weighted by molar-refractivity contribution is 8.24. The summed E-state index contributed by atoms with van der Waals surface area (Å²) in [6.45, 7) is 26.0. The summed E-state index contributed by atoms with van der Waals surface area (Å²) in [6, 6.07) is 15.8. The number of ketones is 2. The highest BCUT2D eigenvalue weighted by Crippen LogP contribution is 2.61. The lowest BCUT2D eigenvalue weighted by molar-refractivity contribution is -0.282. The molecule has 0 spiro atoms. The molecule has 726 valence electrons. The first-order valence-electron chi connectivity index (χ1n) is 40.2. The van der Waals surface area contributed by atoms with E-state index < -0.39 is 70.0 Å². The summed E-state index contributed by atoms with van der Waals surface area (Å²) in [5.74, 6) is 4.36. The van der Waals surface area contributed by atoms with Gasteiger partial charge in [0, 0.05) is 180 Å². The average Bonchev–Trinajstić information content (AvgIpc) is 1.61. The molecule has 0 atom stereocenters. The van der Waals surface area contributed by atoms with Gasteiger partial charge in [0.1, 0.15) is 41.2 Å². The fraction of sp³-hybridized carbons (Fsp3) is 0.395. The van der Waals surface area contributed by atoms with E-state index in [-0.39, 0.29) is 59.2 Å². The van der Waals surface area contributed by atoms with Crippen LogP contribution >= 0.6 is 143 Å². The number of carbonyl (C=O) groups excluding carboxylic acids is 4. The zero-order valence-electron chi connectivity index (χ0n) is 73.1. The minimum absolute atomic E-state index is 0.00769. The number of hydrogen-bond donors (Lipinski definition) is 7. The van der Waals surface area contributed by atoms with Gasteiger partial charge in [-0.25, -0.2) is 66.0 Å². The van der Waals surface area contributed by atoms with Gasteiger partial charge in [0.2, 0.25) is 17.2 Å². The third-order valence-electron chi connectivity index (χ3n) is 18.8. The predicted octanol–water partition coefficient (Wildman–Crippen LogP) is 15.9. The number of hydrogen-bond acceptors (Lipinski definition) is 31. The number of likely N-dealkylation sites (N-methyl/N-ethyl adjacent to an activating group) is 4. The summed E-state index contributed by atoms with van der Waals surface area (Å²) in [4.78, 5) is 87.8. The molecule has 6 aromatic carbocycles. The second-order valence-electron chi connectivity index (χ2n) is 28.4. The molecule has 5 aromatic heterocycles. The third kappa shape index (κ3) is 36.3. The summed E-state index contributed by atoms with van der Waals surface area (Å²) in [6.07, 6.45) is 1.58. The molecule has 0 radical (unpaired) electrons. The molecule has 0 saturated carbocycles. The van der Waals surface area contributed by atoms with Crippen LogP contribution in [0.4, 0.5) is 60.9 Å². The van der Waals surface area contributed by atoms with Gasteiger partial charge in [0.05, 0.1) is 97.9 Å². The Morgan fingerprint density at radius 2 is 0.827 bits per heavy atom. The van der Waals surface area contributed by atoms with Gasteiger partial charge in [0.15, 0.2) is 32.9 Å². The molecule has 4 saturated heterocycles. The maximum atomic E-state index is 13.8. The zero-order valence-corrected chi connectivity index (χ0v) is 83.0. The largest absolute Gasteiger partial charge is 0.460 e. The molecule has 4 fully saturated rings. The minimum atomic E-state index is -3.22. The van der Waals surface area contributed by atoms with E-state index in [9.17, 15) is 50.1 Å². The van der Waals surface area contributed by atoms with Gasteiger partial charge in [-0.05, 0) is 138 Å². The number of nitrogens with two attached hydrogens (primary N) is 5. The Hall–Kier alpha value is -7.72. The van der Waals surface area contributed by atoms with Crippen molar-refractivity contribution in [1.82, 2.24) is 74.4 Å². The molecule has 0 unspecified atom stereocenters. The number of Topliss-reactive ketones (excluding diaryl/α,β-unsaturated/α-hetero) is 2. The number of amides is 1. The fourth-order valence-electron chi connectivity index (χ4n) is 11.9. The van der Waals surface area contributed by atoms with Crippen LogP contribution in [0.25, 0.3) is 49.8 Å². The highest BCUT2D eigenvalue weighted by atomic mass is 36.0. The van der Waals surface area contributed by atoms with Crippen molar-refractivity contribution in [3.05, 3.63) is 171 Å². The maximum Gasteiger partial charge on any atom is 0.374 e. The van der Waals surface area contributed by atoms with Gasteiger partial charge < -0.3 is 81.1 Å². The molecule has 5 aliphatic rings. The summed E-state index contributed by atoms with van der Waals surface area (Å²) in [5.41, 5.74) is 23.1. The number of halogens is 18. The van der Waals surface area contributed by atoms with E-state index in [2.05, 4.69) is 168 Å². The number of benzene rings is 6. The predicted molar refractivity (Wildman–Crippen MR) is 518 cm³/mol. The van der Waals surface area contributed by atoms with Crippen molar-refractivity contribution in [2.75, 3.05) is 191 Å². The number of nitrogens with one attached hydrogen (secondary N) is 2. The lowest BCUT2D eigenvalue weighted by Crippen LogP contribution is -2.45. The van der Waals surface area contributed by atoms with Gasteiger partial charge in [-0.3, -0.25) is 35.0 Å². The molecule has 5 aliphatic heterocycles. The van der Waals surface area contributed by atoms with Crippen LogP contribution in [0.15, 0.2) is 79.1 Å². The molecule has 1 amide bonds. The van der Waals surface area contributed by atoms with E-state index in [1.807, 2.05) is 20.8 Å². The molecule has 10 heterocycles. The van der Waals surface area contributed by atoms with Crippen LogP contribution in [0.2, 0.25) is 45.6 Å². The number of nitrogens with zero attached hydrogens (tertiary/aromatic N) is 17. The third-order valence-corrected chi connectivity index (χ3v) is 21.4. The number of ether oxygens (including phenoxy) is 4. The van der Waals surface area contributed by atoms with E-state index >= 15 is 0 Å². The summed E-state index contributed by atoms with van der Waals surface area (Å²) in [7, 11) is 8.41. The zero-order chi connectivity index (χ0) is 98.8. The summed E-state index contributed by atoms with van der Waals surface area (Å²) in [5, 5.41) is 11.0. The molecule has 52 heteroatoms. The topological polar surface area (TPSA) is 420 Å². The van der Waals surface area contributed by atoms with Crippen LogP contribution in [0.5, 0.6) is 0 Å². The first-order chi connectivity index (χ1) is 62.9. The molecular weight excluding hydrogens is 2020 g/mol. The smallest absolute Gasteiger partial charge is 0.374 e. The Kier molecular flexibility index (Phi) is 48.2. The molecular formula is C81H97Cl12F6N24O9P. The lowest BCUT2D eigenvalue weighted by Gasteiger charge is -2.34. The van der Waals surface area contributed by atoms with Crippen LogP contribution in [0.3, 0.4) is 0 Å². The van der Waals surface area contributed by atoms with E-state index in [4.69, 9.17) is 136 Å². The normalized spacial score (nSPS) is 14.5. The number of carbonyl (C=O) groups is 4. The fourth-order valence-corrected chi connectivity index (χ4v) is 13.4.